The molecule has 0 spiro atoms. The summed E-state index contributed by atoms with van der Waals surface area (Å²) in [7, 11) is 0. The van der Waals surface area contributed by atoms with Gasteiger partial charge in [0.1, 0.15) is 11.5 Å². The summed E-state index contributed by atoms with van der Waals surface area (Å²) in [5.74, 6) is -0.499. The minimum atomic E-state index is -0.298. The molecule has 0 saturated heterocycles. The molecule has 17 heavy (non-hydrogen) atoms. The highest BCUT2D eigenvalue weighted by Gasteiger charge is 2.09. The fraction of sp³-hybridized carbons (Fsp3) is 0.167. The highest BCUT2D eigenvalue weighted by atomic mass is 19.1. The number of aromatic amines is 1. The lowest BCUT2D eigenvalue weighted by atomic mass is 10.1. The van der Waals surface area contributed by atoms with E-state index in [9.17, 15) is 9.18 Å². The molecule has 0 saturated carbocycles. The quantitative estimate of drug-likeness (QED) is 0.851. The van der Waals surface area contributed by atoms with Crippen LogP contribution in [0.15, 0.2) is 30.3 Å². The number of hydrogen-bond donors (Lipinski definition) is 2. The monoisotopic (exact) mass is 233 g/mol. The molecule has 0 radical (unpaired) electrons. The van der Waals surface area contributed by atoms with Crippen LogP contribution in [0.1, 0.15) is 17.4 Å². The Kier molecular flexibility index (Phi) is 3.18. The van der Waals surface area contributed by atoms with Crippen LogP contribution in [-0.4, -0.2) is 22.6 Å². The maximum atomic E-state index is 12.7. The van der Waals surface area contributed by atoms with Crippen LogP contribution >= 0.6 is 0 Å². The van der Waals surface area contributed by atoms with E-state index in [4.69, 9.17) is 0 Å². The molecule has 4 nitrogen and oxygen atoms in total. The van der Waals surface area contributed by atoms with Gasteiger partial charge in [-0.15, -0.1) is 0 Å². The minimum absolute atomic E-state index is 0.201. The van der Waals surface area contributed by atoms with Gasteiger partial charge in [0.2, 0.25) is 0 Å². The van der Waals surface area contributed by atoms with E-state index in [1.807, 2.05) is 6.92 Å². The van der Waals surface area contributed by atoms with Gasteiger partial charge in [-0.05, 0) is 37.3 Å². The van der Waals surface area contributed by atoms with Crippen molar-refractivity contribution in [3.63, 3.8) is 0 Å². The zero-order chi connectivity index (χ0) is 12.3. The minimum Gasteiger partial charge on any atom is -0.351 e. The summed E-state index contributed by atoms with van der Waals surface area (Å²) >= 11 is 0. The fourth-order valence-electron chi connectivity index (χ4n) is 1.46. The van der Waals surface area contributed by atoms with Gasteiger partial charge in [0, 0.05) is 12.1 Å². The van der Waals surface area contributed by atoms with Gasteiger partial charge < -0.3 is 5.32 Å². The summed E-state index contributed by atoms with van der Waals surface area (Å²) in [4.78, 5) is 11.5. The van der Waals surface area contributed by atoms with Crippen LogP contribution in [0.25, 0.3) is 11.3 Å². The molecular weight excluding hydrogens is 221 g/mol. The molecule has 0 fully saturated rings. The Hall–Kier alpha value is -2.17. The highest BCUT2D eigenvalue weighted by Crippen LogP contribution is 2.17. The number of nitrogens with zero attached hydrogens (tertiary/aromatic N) is 1. The van der Waals surface area contributed by atoms with Gasteiger partial charge in [0.15, 0.2) is 0 Å². The Morgan fingerprint density at radius 1 is 1.41 bits per heavy atom. The van der Waals surface area contributed by atoms with E-state index in [0.717, 1.165) is 5.56 Å². The molecule has 0 aliphatic carbocycles. The first kappa shape index (κ1) is 11.3. The molecule has 1 heterocycles. The zero-order valence-corrected chi connectivity index (χ0v) is 9.33. The van der Waals surface area contributed by atoms with Crippen LogP contribution in [0, 0.1) is 5.82 Å². The molecule has 0 aliphatic rings. The molecular formula is C12H12FN3O. The van der Waals surface area contributed by atoms with Crippen molar-refractivity contribution in [1.82, 2.24) is 15.5 Å². The number of nitrogens with one attached hydrogen (secondary N) is 2. The van der Waals surface area contributed by atoms with Crippen LogP contribution in [0.3, 0.4) is 0 Å². The SMILES string of the molecule is CCNC(=O)c1cc(-c2ccc(F)cc2)n[nH]1. The second-order valence-corrected chi connectivity index (χ2v) is 3.53. The molecule has 0 aliphatic heterocycles. The molecule has 2 N–H and O–H groups in total. The van der Waals surface area contributed by atoms with E-state index < -0.39 is 0 Å². The van der Waals surface area contributed by atoms with Crippen LogP contribution in [0.5, 0.6) is 0 Å². The summed E-state index contributed by atoms with van der Waals surface area (Å²) in [6.07, 6.45) is 0. The molecule has 1 aromatic heterocycles. The third kappa shape index (κ3) is 2.50. The van der Waals surface area contributed by atoms with Gasteiger partial charge in [-0.1, -0.05) is 0 Å². The fourth-order valence-corrected chi connectivity index (χ4v) is 1.46. The number of halogens is 1. The molecule has 0 unspecified atom stereocenters. The number of carbonyl (C=O) groups is 1. The number of benzene rings is 1. The van der Waals surface area contributed by atoms with Crippen molar-refractivity contribution in [2.45, 2.75) is 6.92 Å². The summed E-state index contributed by atoms with van der Waals surface area (Å²) < 4.78 is 12.7. The molecule has 0 atom stereocenters. The Labute approximate surface area is 97.9 Å². The molecule has 1 amide bonds. The predicted molar refractivity (Wildman–Crippen MR) is 62.0 cm³/mol. The number of rotatable bonds is 3. The lowest BCUT2D eigenvalue weighted by Gasteiger charge is -1.96. The smallest absolute Gasteiger partial charge is 0.269 e. The van der Waals surface area contributed by atoms with Gasteiger partial charge >= 0.3 is 0 Å². The topological polar surface area (TPSA) is 57.8 Å². The third-order valence-corrected chi connectivity index (χ3v) is 2.30. The van der Waals surface area contributed by atoms with Crippen molar-refractivity contribution in [1.29, 1.82) is 0 Å². The second-order valence-electron chi connectivity index (χ2n) is 3.53. The van der Waals surface area contributed by atoms with E-state index in [1.165, 1.54) is 12.1 Å². The molecule has 0 bridgehead atoms. The number of carbonyl (C=O) groups excluding carboxylic acids is 1. The Balaban J connectivity index is 2.23. The maximum Gasteiger partial charge on any atom is 0.269 e. The lowest BCUT2D eigenvalue weighted by molar-refractivity contribution is 0.0951. The predicted octanol–water partition coefficient (Wildman–Crippen LogP) is 1.97. The molecule has 5 heteroatoms. The second kappa shape index (κ2) is 4.78. The van der Waals surface area contributed by atoms with Crippen molar-refractivity contribution < 1.29 is 9.18 Å². The van der Waals surface area contributed by atoms with Crippen LogP contribution in [0.4, 0.5) is 4.39 Å². The largest absolute Gasteiger partial charge is 0.351 e. The first-order valence-corrected chi connectivity index (χ1v) is 5.30. The third-order valence-electron chi connectivity index (χ3n) is 2.30. The lowest BCUT2D eigenvalue weighted by Crippen LogP contribution is -2.22. The standard InChI is InChI=1S/C12H12FN3O/c1-2-14-12(17)11-7-10(15-16-11)8-3-5-9(13)6-4-8/h3-7H,2H2,1H3,(H,14,17)(H,15,16). The first-order valence-electron chi connectivity index (χ1n) is 5.30. The van der Waals surface area contributed by atoms with E-state index in [0.29, 0.717) is 17.9 Å². The average molecular weight is 233 g/mol. The van der Waals surface area contributed by atoms with Crippen molar-refractivity contribution >= 4 is 5.91 Å². The van der Waals surface area contributed by atoms with Crippen molar-refractivity contribution in [2.75, 3.05) is 6.54 Å². The summed E-state index contributed by atoms with van der Waals surface area (Å²) in [6.45, 7) is 2.40. The Morgan fingerprint density at radius 2 is 2.12 bits per heavy atom. The van der Waals surface area contributed by atoms with Crippen LogP contribution in [-0.2, 0) is 0 Å². The first-order chi connectivity index (χ1) is 8.20. The van der Waals surface area contributed by atoms with Crippen molar-refractivity contribution in [3.05, 3.63) is 41.8 Å². The number of H-pyrrole nitrogens is 1. The number of amides is 1. The van der Waals surface area contributed by atoms with Gasteiger partial charge in [-0.25, -0.2) is 4.39 Å². The van der Waals surface area contributed by atoms with Gasteiger partial charge in [0.25, 0.3) is 5.91 Å². The molecule has 88 valence electrons. The van der Waals surface area contributed by atoms with Crippen LogP contribution in [0.2, 0.25) is 0 Å². The summed E-state index contributed by atoms with van der Waals surface area (Å²) in [5.41, 5.74) is 1.77. The van der Waals surface area contributed by atoms with E-state index in [2.05, 4.69) is 15.5 Å². The Bertz CT molecular complexity index is 519. The highest BCUT2D eigenvalue weighted by molar-refractivity contribution is 5.93. The van der Waals surface area contributed by atoms with E-state index >= 15 is 0 Å². The summed E-state index contributed by atoms with van der Waals surface area (Å²) in [6, 6.07) is 7.59. The van der Waals surface area contributed by atoms with Gasteiger partial charge in [0.05, 0.1) is 5.69 Å². The normalized spacial score (nSPS) is 10.2. The van der Waals surface area contributed by atoms with E-state index in [1.54, 1.807) is 18.2 Å². The van der Waals surface area contributed by atoms with Crippen molar-refractivity contribution in [3.8, 4) is 11.3 Å². The number of hydrogen-bond acceptors (Lipinski definition) is 2. The maximum absolute atomic E-state index is 12.7. The Morgan fingerprint density at radius 3 is 2.76 bits per heavy atom. The number of aromatic nitrogens is 2. The van der Waals surface area contributed by atoms with Gasteiger partial charge in [-0.3, -0.25) is 9.89 Å². The molecule has 1 aromatic carbocycles. The average Bonchev–Trinajstić information content (AvgIpc) is 2.80. The van der Waals surface area contributed by atoms with E-state index in [-0.39, 0.29) is 11.7 Å². The zero-order valence-electron chi connectivity index (χ0n) is 9.33. The van der Waals surface area contributed by atoms with Crippen LogP contribution < -0.4 is 5.32 Å². The summed E-state index contributed by atoms with van der Waals surface area (Å²) in [5, 5.41) is 9.32. The molecule has 2 aromatic rings. The molecule has 2 rings (SSSR count). The van der Waals surface area contributed by atoms with Gasteiger partial charge in [-0.2, -0.15) is 5.10 Å². The van der Waals surface area contributed by atoms with Crippen molar-refractivity contribution in [2.24, 2.45) is 0 Å².